The lowest BCUT2D eigenvalue weighted by molar-refractivity contribution is 0.0378. The average Bonchev–Trinajstić information content (AvgIpc) is 2.80. The van der Waals surface area contributed by atoms with E-state index in [0.717, 1.165) is 27.1 Å². The standard InChI is InChI=1S/C22H16O2S/c23-22(17-11-13-18(25)14-12-17)24-21-19-7-3-1-5-15(19)9-10-16-6-2-4-8-20(16)21/h1-14,21,25H. The second kappa shape index (κ2) is 6.61. The molecular weight excluding hydrogens is 328 g/mol. The fraction of sp³-hybridized carbons (Fsp3) is 0.0455. The van der Waals surface area contributed by atoms with Gasteiger partial charge in [-0.2, -0.15) is 0 Å². The summed E-state index contributed by atoms with van der Waals surface area (Å²) in [5.74, 6) is -0.343. The van der Waals surface area contributed by atoms with Gasteiger partial charge < -0.3 is 4.74 Å². The number of hydrogen-bond acceptors (Lipinski definition) is 3. The molecule has 0 unspecified atom stereocenters. The van der Waals surface area contributed by atoms with E-state index in [1.54, 1.807) is 24.3 Å². The van der Waals surface area contributed by atoms with Gasteiger partial charge in [-0.25, -0.2) is 4.79 Å². The van der Waals surface area contributed by atoms with Crippen LogP contribution >= 0.6 is 12.6 Å². The SMILES string of the molecule is O=C(OC1c2ccccc2C=Cc2ccccc21)c1ccc(S)cc1. The third-order valence-corrected chi connectivity index (χ3v) is 4.63. The first kappa shape index (κ1) is 15.7. The number of thiol groups is 1. The number of carbonyl (C=O) groups is 1. The summed E-state index contributed by atoms with van der Waals surface area (Å²) in [4.78, 5) is 13.5. The number of esters is 1. The van der Waals surface area contributed by atoms with Crippen molar-refractivity contribution in [3.63, 3.8) is 0 Å². The zero-order chi connectivity index (χ0) is 17.2. The van der Waals surface area contributed by atoms with Crippen molar-refractivity contribution in [3.05, 3.63) is 101 Å². The van der Waals surface area contributed by atoms with Crippen LogP contribution in [-0.4, -0.2) is 5.97 Å². The summed E-state index contributed by atoms with van der Waals surface area (Å²) in [5.41, 5.74) is 4.61. The first-order chi connectivity index (χ1) is 12.2. The van der Waals surface area contributed by atoms with E-state index in [-0.39, 0.29) is 5.97 Å². The minimum absolute atomic E-state index is 0.343. The third kappa shape index (κ3) is 3.11. The zero-order valence-corrected chi connectivity index (χ0v) is 14.3. The van der Waals surface area contributed by atoms with Gasteiger partial charge in [0.15, 0.2) is 6.10 Å². The molecule has 0 N–H and O–H groups in total. The Bertz CT molecular complexity index is 908. The molecule has 122 valence electrons. The molecular formula is C22H16O2S. The van der Waals surface area contributed by atoms with E-state index < -0.39 is 6.10 Å². The molecule has 1 aliphatic rings. The Morgan fingerprint density at radius 3 is 1.84 bits per heavy atom. The maximum atomic E-state index is 12.7. The van der Waals surface area contributed by atoms with Gasteiger partial charge >= 0.3 is 5.97 Å². The molecule has 2 nitrogen and oxygen atoms in total. The van der Waals surface area contributed by atoms with Crippen molar-refractivity contribution in [2.45, 2.75) is 11.0 Å². The summed E-state index contributed by atoms with van der Waals surface area (Å²) < 4.78 is 5.95. The van der Waals surface area contributed by atoms with Gasteiger partial charge in [0.25, 0.3) is 0 Å². The molecule has 0 spiro atoms. The first-order valence-corrected chi connectivity index (χ1v) is 8.53. The van der Waals surface area contributed by atoms with Crippen molar-refractivity contribution < 1.29 is 9.53 Å². The highest BCUT2D eigenvalue weighted by Crippen LogP contribution is 2.35. The minimum Gasteiger partial charge on any atom is -0.449 e. The summed E-state index contributed by atoms with van der Waals surface area (Å²) >= 11 is 4.26. The smallest absolute Gasteiger partial charge is 0.339 e. The lowest BCUT2D eigenvalue weighted by Gasteiger charge is -2.21. The fourth-order valence-electron chi connectivity index (χ4n) is 3.05. The second-order valence-electron chi connectivity index (χ2n) is 5.92. The van der Waals surface area contributed by atoms with E-state index in [2.05, 4.69) is 24.8 Å². The summed E-state index contributed by atoms with van der Waals surface area (Å²) in [6.45, 7) is 0. The van der Waals surface area contributed by atoms with Gasteiger partial charge in [0, 0.05) is 16.0 Å². The Morgan fingerprint density at radius 1 is 0.760 bits per heavy atom. The topological polar surface area (TPSA) is 26.3 Å². The van der Waals surface area contributed by atoms with Crippen molar-refractivity contribution in [3.8, 4) is 0 Å². The predicted octanol–water partition coefficient (Wildman–Crippen LogP) is 5.41. The molecule has 0 radical (unpaired) electrons. The van der Waals surface area contributed by atoms with Gasteiger partial charge in [-0.1, -0.05) is 60.7 Å². The van der Waals surface area contributed by atoms with Crippen LogP contribution in [0.1, 0.15) is 38.7 Å². The largest absolute Gasteiger partial charge is 0.449 e. The van der Waals surface area contributed by atoms with Crippen molar-refractivity contribution >= 4 is 30.8 Å². The molecule has 0 bridgehead atoms. The third-order valence-electron chi connectivity index (χ3n) is 4.33. The minimum atomic E-state index is -0.439. The Labute approximate surface area is 152 Å². The average molecular weight is 344 g/mol. The molecule has 0 heterocycles. The molecule has 4 rings (SSSR count). The molecule has 0 aliphatic heterocycles. The van der Waals surface area contributed by atoms with Gasteiger partial charge in [0.05, 0.1) is 5.56 Å². The first-order valence-electron chi connectivity index (χ1n) is 8.08. The number of hydrogen-bond donors (Lipinski definition) is 1. The van der Waals surface area contributed by atoms with E-state index in [1.165, 1.54) is 0 Å². The van der Waals surface area contributed by atoms with E-state index in [4.69, 9.17) is 4.74 Å². The molecule has 1 aliphatic carbocycles. The zero-order valence-electron chi connectivity index (χ0n) is 13.4. The number of benzene rings is 3. The second-order valence-corrected chi connectivity index (χ2v) is 6.44. The van der Waals surface area contributed by atoms with Crippen molar-refractivity contribution in [2.75, 3.05) is 0 Å². The quantitative estimate of drug-likeness (QED) is 0.497. The summed E-state index contributed by atoms with van der Waals surface area (Å²) in [7, 11) is 0. The van der Waals surface area contributed by atoms with Crippen LogP contribution in [0.5, 0.6) is 0 Å². The van der Waals surface area contributed by atoms with Crippen LogP contribution in [0, 0.1) is 0 Å². The van der Waals surface area contributed by atoms with E-state index >= 15 is 0 Å². The van der Waals surface area contributed by atoms with Gasteiger partial charge in [-0.05, 0) is 35.4 Å². The summed E-state index contributed by atoms with van der Waals surface area (Å²) in [5, 5.41) is 0. The highest BCUT2D eigenvalue weighted by Gasteiger charge is 2.25. The Balaban J connectivity index is 1.76. The van der Waals surface area contributed by atoms with Gasteiger partial charge in [0.1, 0.15) is 0 Å². The van der Waals surface area contributed by atoms with Gasteiger partial charge in [0.2, 0.25) is 0 Å². The lowest BCUT2D eigenvalue weighted by Crippen LogP contribution is -2.14. The maximum absolute atomic E-state index is 12.7. The molecule has 25 heavy (non-hydrogen) atoms. The van der Waals surface area contributed by atoms with E-state index in [9.17, 15) is 4.79 Å². The van der Waals surface area contributed by atoms with E-state index in [1.807, 2.05) is 48.5 Å². The van der Waals surface area contributed by atoms with Gasteiger partial charge in [-0.15, -0.1) is 12.6 Å². The molecule has 0 atom stereocenters. The Kier molecular flexibility index (Phi) is 4.16. The monoisotopic (exact) mass is 344 g/mol. The molecule has 0 amide bonds. The number of rotatable bonds is 2. The lowest BCUT2D eigenvalue weighted by atomic mass is 9.96. The Hall–Kier alpha value is -2.78. The van der Waals surface area contributed by atoms with Gasteiger partial charge in [-0.3, -0.25) is 0 Å². The van der Waals surface area contributed by atoms with Crippen LogP contribution in [0.15, 0.2) is 77.7 Å². The van der Waals surface area contributed by atoms with E-state index in [0.29, 0.717) is 5.56 Å². The molecule has 3 heteroatoms. The molecule has 0 aromatic heterocycles. The molecule has 3 aromatic rings. The Morgan fingerprint density at radius 2 is 1.28 bits per heavy atom. The predicted molar refractivity (Wildman–Crippen MR) is 103 cm³/mol. The highest BCUT2D eigenvalue weighted by atomic mass is 32.1. The van der Waals surface area contributed by atoms with Crippen LogP contribution in [0.4, 0.5) is 0 Å². The highest BCUT2D eigenvalue weighted by molar-refractivity contribution is 7.80. The van der Waals surface area contributed by atoms with Crippen LogP contribution in [-0.2, 0) is 4.74 Å². The molecule has 0 saturated heterocycles. The van der Waals surface area contributed by atoms with Crippen LogP contribution in [0.3, 0.4) is 0 Å². The van der Waals surface area contributed by atoms with Crippen LogP contribution in [0.25, 0.3) is 12.2 Å². The number of carbonyl (C=O) groups excluding carboxylic acids is 1. The van der Waals surface area contributed by atoms with Crippen LogP contribution in [0.2, 0.25) is 0 Å². The summed E-state index contributed by atoms with van der Waals surface area (Å²) in [6, 6.07) is 23.1. The van der Waals surface area contributed by atoms with Crippen molar-refractivity contribution in [1.29, 1.82) is 0 Å². The normalized spacial score (nSPS) is 12.8. The number of fused-ring (bicyclic) bond motifs is 2. The van der Waals surface area contributed by atoms with Crippen molar-refractivity contribution in [2.24, 2.45) is 0 Å². The summed E-state index contributed by atoms with van der Waals surface area (Å²) in [6.07, 6.45) is 3.70. The van der Waals surface area contributed by atoms with Crippen molar-refractivity contribution in [1.82, 2.24) is 0 Å². The number of ether oxygens (including phenoxy) is 1. The molecule has 3 aromatic carbocycles. The fourth-order valence-corrected chi connectivity index (χ4v) is 3.20. The molecule has 0 saturated carbocycles. The maximum Gasteiger partial charge on any atom is 0.339 e. The molecule has 0 fully saturated rings. The van der Waals surface area contributed by atoms with Crippen LogP contribution < -0.4 is 0 Å².